The molecule has 0 amide bonds. The number of aromatic nitrogens is 1. The summed E-state index contributed by atoms with van der Waals surface area (Å²) in [6.07, 6.45) is 0. The van der Waals surface area contributed by atoms with Gasteiger partial charge in [-0.05, 0) is 13.0 Å². The summed E-state index contributed by atoms with van der Waals surface area (Å²) in [4.78, 5) is 23.5. The van der Waals surface area contributed by atoms with Gasteiger partial charge >= 0.3 is 5.97 Å². The van der Waals surface area contributed by atoms with E-state index in [1.54, 1.807) is 4.57 Å². The number of carboxylic acid groups (broad SMARTS) is 1. The molecular weight excluding hydrogens is 288 g/mol. The highest BCUT2D eigenvalue weighted by Gasteiger charge is 2.27. The number of fused-ring (bicyclic) bond motifs is 3. The van der Waals surface area contributed by atoms with Gasteiger partial charge in [0.2, 0.25) is 5.43 Å². The molecule has 20 heavy (non-hydrogen) atoms. The molecule has 4 nitrogen and oxygen atoms in total. The van der Waals surface area contributed by atoms with Gasteiger partial charge in [0.25, 0.3) is 0 Å². The SMILES string of the molecule is Cc1c(F)c(F)cc2c(=O)c(C(=O)O)c3n(c12)CCS3. The molecule has 2 heterocycles. The van der Waals surface area contributed by atoms with Crippen LogP contribution in [0.5, 0.6) is 0 Å². The number of hydrogen-bond acceptors (Lipinski definition) is 3. The predicted octanol–water partition coefficient (Wildman–Crippen LogP) is 2.39. The van der Waals surface area contributed by atoms with Crippen LogP contribution in [0, 0.1) is 18.6 Å². The Morgan fingerprint density at radius 3 is 2.80 bits per heavy atom. The van der Waals surface area contributed by atoms with Crippen LogP contribution in [0.2, 0.25) is 0 Å². The maximum absolute atomic E-state index is 13.7. The molecule has 0 unspecified atom stereocenters. The van der Waals surface area contributed by atoms with Crippen molar-refractivity contribution in [3.63, 3.8) is 0 Å². The number of aromatic carboxylic acids is 1. The molecule has 0 saturated carbocycles. The molecule has 0 bridgehead atoms. The Balaban J connectivity index is 2.61. The zero-order valence-electron chi connectivity index (χ0n) is 10.4. The van der Waals surface area contributed by atoms with E-state index in [2.05, 4.69) is 0 Å². The van der Waals surface area contributed by atoms with Crippen LogP contribution in [0.15, 0.2) is 15.9 Å². The Hall–Kier alpha value is -1.89. The van der Waals surface area contributed by atoms with Crippen LogP contribution in [0.4, 0.5) is 8.78 Å². The zero-order chi connectivity index (χ0) is 14.6. The first-order valence-corrected chi connectivity index (χ1v) is 6.83. The summed E-state index contributed by atoms with van der Waals surface area (Å²) in [7, 11) is 0. The summed E-state index contributed by atoms with van der Waals surface area (Å²) in [6, 6.07) is 0.780. The fraction of sp³-hybridized carbons (Fsp3) is 0.231. The second-order valence-electron chi connectivity index (χ2n) is 4.51. The molecule has 2 aromatic rings. The van der Waals surface area contributed by atoms with Crippen LogP contribution in [-0.2, 0) is 6.54 Å². The average molecular weight is 297 g/mol. The third-order valence-electron chi connectivity index (χ3n) is 3.39. The average Bonchev–Trinajstić information content (AvgIpc) is 2.84. The van der Waals surface area contributed by atoms with Crippen molar-refractivity contribution in [2.45, 2.75) is 18.5 Å². The van der Waals surface area contributed by atoms with Gasteiger partial charge in [0.1, 0.15) is 5.56 Å². The number of benzene rings is 1. The molecule has 1 aromatic carbocycles. The highest BCUT2D eigenvalue weighted by atomic mass is 32.2. The second-order valence-corrected chi connectivity index (χ2v) is 5.59. The molecule has 0 atom stereocenters. The number of thioether (sulfide) groups is 1. The minimum Gasteiger partial charge on any atom is -0.477 e. The van der Waals surface area contributed by atoms with Crippen molar-refractivity contribution >= 4 is 28.6 Å². The Labute approximate surface area is 116 Å². The largest absolute Gasteiger partial charge is 0.477 e. The van der Waals surface area contributed by atoms with Crippen molar-refractivity contribution in [1.29, 1.82) is 0 Å². The summed E-state index contributed by atoms with van der Waals surface area (Å²) in [6.45, 7) is 1.85. The van der Waals surface area contributed by atoms with Crippen LogP contribution in [0.3, 0.4) is 0 Å². The Kier molecular flexibility index (Phi) is 2.82. The minimum absolute atomic E-state index is 0.0257. The number of carboxylic acids is 1. The Morgan fingerprint density at radius 2 is 2.15 bits per heavy atom. The van der Waals surface area contributed by atoms with Crippen molar-refractivity contribution in [2.24, 2.45) is 0 Å². The fourth-order valence-corrected chi connectivity index (χ4v) is 3.65. The lowest BCUT2D eigenvalue weighted by atomic mass is 10.1. The first kappa shape index (κ1) is 13.1. The molecule has 3 rings (SSSR count). The van der Waals surface area contributed by atoms with Crippen LogP contribution in [0.25, 0.3) is 10.9 Å². The fourth-order valence-electron chi connectivity index (χ4n) is 2.52. The monoisotopic (exact) mass is 297 g/mol. The first-order chi connectivity index (χ1) is 9.43. The van der Waals surface area contributed by atoms with E-state index in [1.165, 1.54) is 18.7 Å². The summed E-state index contributed by atoms with van der Waals surface area (Å²) < 4.78 is 28.8. The molecule has 0 aliphatic carbocycles. The van der Waals surface area contributed by atoms with Crippen molar-refractivity contribution in [2.75, 3.05) is 5.75 Å². The molecule has 1 aromatic heterocycles. The number of aryl methyl sites for hydroxylation is 2. The van der Waals surface area contributed by atoms with E-state index >= 15 is 0 Å². The molecule has 0 spiro atoms. The van der Waals surface area contributed by atoms with Gasteiger partial charge in [-0.3, -0.25) is 4.79 Å². The lowest BCUT2D eigenvalue weighted by Crippen LogP contribution is -2.21. The molecule has 104 valence electrons. The van der Waals surface area contributed by atoms with Crippen LogP contribution < -0.4 is 5.43 Å². The molecule has 0 radical (unpaired) electrons. The summed E-state index contributed by atoms with van der Waals surface area (Å²) in [5.74, 6) is -2.91. The van der Waals surface area contributed by atoms with Crippen molar-refractivity contribution in [3.8, 4) is 0 Å². The van der Waals surface area contributed by atoms with E-state index in [-0.39, 0.29) is 22.0 Å². The Bertz CT molecular complexity index is 829. The first-order valence-electron chi connectivity index (χ1n) is 5.84. The predicted molar refractivity (Wildman–Crippen MR) is 70.5 cm³/mol. The lowest BCUT2D eigenvalue weighted by molar-refractivity contribution is 0.0690. The molecule has 0 fully saturated rings. The van der Waals surface area contributed by atoms with Crippen molar-refractivity contribution in [3.05, 3.63) is 39.1 Å². The number of halogens is 2. The summed E-state index contributed by atoms with van der Waals surface area (Å²) >= 11 is 1.24. The summed E-state index contributed by atoms with van der Waals surface area (Å²) in [5.41, 5.74) is -0.836. The Morgan fingerprint density at radius 1 is 1.45 bits per heavy atom. The minimum atomic E-state index is -1.35. The molecule has 7 heteroatoms. The van der Waals surface area contributed by atoms with E-state index in [9.17, 15) is 23.5 Å². The van der Waals surface area contributed by atoms with Crippen LogP contribution in [0.1, 0.15) is 15.9 Å². The number of rotatable bonds is 1. The maximum Gasteiger partial charge on any atom is 0.342 e. The van der Waals surface area contributed by atoms with Gasteiger partial charge in [0.05, 0.1) is 15.9 Å². The lowest BCUT2D eigenvalue weighted by Gasteiger charge is -2.14. The number of hydrogen-bond donors (Lipinski definition) is 1. The number of pyridine rings is 1. The molecule has 1 aliphatic rings. The van der Waals surface area contributed by atoms with E-state index in [0.29, 0.717) is 17.3 Å². The highest BCUT2D eigenvalue weighted by molar-refractivity contribution is 7.99. The van der Waals surface area contributed by atoms with Crippen LogP contribution >= 0.6 is 11.8 Å². The third kappa shape index (κ3) is 1.59. The third-order valence-corrected chi connectivity index (χ3v) is 4.47. The van der Waals surface area contributed by atoms with Gasteiger partial charge in [0.15, 0.2) is 11.6 Å². The highest BCUT2D eigenvalue weighted by Crippen LogP contribution is 2.33. The van der Waals surface area contributed by atoms with E-state index < -0.39 is 23.0 Å². The molecule has 1 aliphatic heterocycles. The maximum atomic E-state index is 13.7. The van der Waals surface area contributed by atoms with Gasteiger partial charge in [-0.1, -0.05) is 0 Å². The van der Waals surface area contributed by atoms with Gasteiger partial charge in [-0.15, -0.1) is 11.8 Å². The van der Waals surface area contributed by atoms with Gasteiger partial charge in [0, 0.05) is 17.9 Å². The molecular formula is C13H9F2NO3S. The van der Waals surface area contributed by atoms with E-state index in [4.69, 9.17) is 0 Å². The normalized spacial score (nSPS) is 13.8. The smallest absolute Gasteiger partial charge is 0.342 e. The van der Waals surface area contributed by atoms with Gasteiger partial charge < -0.3 is 9.67 Å². The van der Waals surface area contributed by atoms with Gasteiger partial charge in [-0.2, -0.15) is 0 Å². The zero-order valence-corrected chi connectivity index (χ0v) is 11.2. The number of carbonyl (C=O) groups is 1. The van der Waals surface area contributed by atoms with Crippen molar-refractivity contribution in [1.82, 2.24) is 4.57 Å². The standard InChI is InChI=1S/C13H9F2NO3S/c1-5-9(15)7(14)4-6-10(5)16-2-3-20-12(16)8(11(6)17)13(18)19/h4H,2-3H2,1H3,(H,18,19). The van der Waals surface area contributed by atoms with E-state index in [1.807, 2.05) is 0 Å². The van der Waals surface area contributed by atoms with Gasteiger partial charge in [-0.25, -0.2) is 13.6 Å². The van der Waals surface area contributed by atoms with E-state index in [0.717, 1.165) is 6.07 Å². The summed E-state index contributed by atoms with van der Waals surface area (Å²) in [5, 5.41) is 9.40. The topological polar surface area (TPSA) is 59.3 Å². The molecule has 0 saturated heterocycles. The molecule has 1 N–H and O–H groups in total. The quantitative estimate of drug-likeness (QED) is 0.878. The second kappa shape index (κ2) is 4.31. The van der Waals surface area contributed by atoms with Crippen molar-refractivity contribution < 1.29 is 18.7 Å². The van der Waals surface area contributed by atoms with Crippen LogP contribution in [-0.4, -0.2) is 21.4 Å². The number of nitrogens with zero attached hydrogens (tertiary/aromatic N) is 1.